The Morgan fingerprint density at radius 3 is 2.16 bits per heavy atom. The second kappa shape index (κ2) is 17.3. The summed E-state index contributed by atoms with van der Waals surface area (Å²) in [6, 6.07) is -0.378. The van der Waals surface area contributed by atoms with Gasteiger partial charge < -0.3 is 84.8 Å². The van der Waals surface area contributed by atoms with E-state index in [1.165, 1.54) is 23.2 Å². The van der Waals surface area contributed by atoms with Crippen molar-refractivity contribution in [2.45, 2.75) is 92.8 Å². The van der Waals surface area contributed by atoms with Crippen molar-refractivity contribution in [1.29, 1.82) is 0 Å². The Morgan fingerprint density at radius 2 is 1.54 bits per heavy atom. The van der Waals surface area contributed by atoms with Crippen molar-refractivity contribution in [2.24, 2.45) is 4.99 Å². The van der Waals surface area contributed by atoms with Crippen molar-refractivity contribution < 1.29 is 104 Å². The average Bonchev–Trinajstić information content (AvgIpc) is 3.49. The minimum atomic E-state index is -2.06. The molecule has 306 valence electrons. The van der Waals surface area contributed by atoms with Crippen molar-refractivity contribution in [3.63, 3.8) is 0 Å². The maximum atomic E-state index is 12.3. The second-order valence-corrected chi connectivity index (χ2v) is 13.0. The zero-order chi connectivity index (χ0) is 41.2. The summed E-state index contributed by atoms with van der Waals surface area (Å²) in [5.41, 5.74) is 0.0778. The molecule has 11 N–H and O–H groups in total. The molecule has 0 bridgehead atoms. The predicted molar refractivity (Wildman–Crippen MR) is 177 cm³/mol. The number of benzene rings is 1. The van der Waals surface area contributed by atoms with Crippen LogP contribution in [0.2, 0.25) is 0 Å². The van der Waals surface area contributed by atoms with E-state index in [2.05, 4.69) is 4.99 Å². The van der Waals surface area contributed by atoms with E-state index in [9.17, 15) is 75.0 Å². The van der Waals surface area contributed by atoms with Gasteiger partial charge in [-0.1, -0.05) is 0 Å². The fourth-order valence-electron chi connectivity index (χ4n) is 6.32. The number of ether oxygens (including phenoxy) is 5. The van der Waals surface area contributed by atoms with Crippen LogP contribution < -0.4 is 9.64 Å². The van der Waals surface area contributed by atoms with E-state index in [1.54, 1.807) is 0 Å². The van der Waals surface area contributed by atoms with Gasteiger partial charge in [0, 0.05) is 30.8 Å². The van der Waals surface area contributed by atoms with Gasteiger partial charge in [0.15, 0.2) is 29.9 Å². The van der Waals surface area contributed by atoms with Crippen molar-refractivity contribution in [2.75, 3.05) is 18.1 Å². The summed E-state index contributed by atoms with van der Waals surface area (Å²) in [5.74, 6) is -7.96. The van der Waals surface area contributed by atoms with Crippen molar-refractivity contribution in [1.82, 2.24) is 0 Å². The highest BCUT2D eigenvalue weighted by Crippen LogP contribution is 2.42. The van der Waals surface area contributed by atoms with Gasteiger partial charge in [0.25, 0.3) is 0 Å². The quantitative estimate of drug-likeness (QED) is 0.0632. The maximum Gasteiger partial charge on any atom is 0.354 e. The standard InChI is InChI=1S/C33H38N2O21/c36-9-19-23(41)26(44)28(56-32-27(45)25(43)24(42)20(55-32)10-52-22(40)8-21(38)39)33(54-19)53-18-6-12-5-16(31(50)51)35(15(12)7-17(18)37)2-1-11-3-13(29(46)47)34-14(4-11)30(48)49/h1-3,6-7,14,16,19-20,23-28,32-33,36-37,41-45H,4-5,8-10H2,(H,38,39)(H,46,47)(H,48,49)(H,50,51)/b2-1+/t14-,16-,19+,20+,23+,24+,25-,26-,27+,28+,32-,33+/m0/s1. The van der Waals surface area contributed by atoms with Crippen LogP contribution in [0.4, 0.5) is 5.69 Å². The summed E-state index contributed by atoms with van der Waals surface area (Å²) in [6.45, 7) is -1.69. The second-order valence-electron chi connectivity index (χ2n) is 13.0. The Kier molecular flexibility index (Phi) is 12.9. The monoisotopic (exact) mass is 798 g/mol. The molecule has 5 rings (SSSR count). The van der Waals surface area contributed by atoms with Crippen LogP contribution in [0.5, 0.6) is 11.5 Å². The van der Waals surface area contributed by atoms with Gasteiger partial charge in [0.2, 0.25) is 6.29 Å². The summed E-state index contributed by atoms with van der Waals surface area (Å²) in [5, 5.41) is 112. The lowest BCUT2D eigenvalue weighted by Crippen LogP contribution is -2.65. The van der Waals surface area contributed by atoms with Gasteiger partial charge in [-0.15, -0.1) is 0 Å². The molecule has 12 atom stereocenters. The number of rotatable bonds is 14. The van der Waals surface area contributed by atoms with Crippen LogP contribution in [-0.2, 0) is 49.3 Å². The molecular formula is C33H38N2O21. The topological polar surface area (TPSA) is 370 Å². The fourth-order valence-corrected chi connectivity index (χ4v) is 6.32. The summed E-state index contributed by atoms with van der Waals surface area (Å²) >= 11 is 0. The third-order valence-electron chi connectivity index (χ3n) is 9.20. The Hall–Kier alpha value is -5.24. The summed E-state index contributed by atoms with van der Waals surface area (Å²) < 4.78 is 27.3. The highest BCUT2D eigenvalue weighted by Gasteiger charge is 2.52. The Labute approximate surface area is 314 Å². The zero-order valence-corrected chi connectivity index (χ0v) is 28.7. The zero-order valence-electron chi connectivity index (χ0n) is 28.7. The molecule has 0 spiro atoms. The number of allylic oxidation sites excluding steroid dienone is 1. The summed E-state index contributed by atoms with van der Waals surface area (Å²) in [6.07, 6.45) is -16.4. The van der Waals surface area contributed by atoms with Crippen LogP contribution in [0.25, 0.3) is 0 Å². The molecule has 0 saturated carbocycles. The van der Waals surface area contributed by atoms with Gasteiger partial charge in [-0.2, -0.15) is 0 Å². The van der Waals surface area contributed by atoms with E-state index in [4.69, 9.17) is 28.8 Å². The van der Waals surface area contributed by atoms with Crippen molar-refractivity contribution >= 4 is 41.2 Å². The molecule has 4 aliphatic heterocycles. The Balaban J connectivity index is 1.39. The Bertz CT molecular complexity index is 1800. The predicted octanol–water partition coefficient (Wildman–Crippen LogP) is -3.94. The van der Waals surface area contributed by atoms with Crippen molar-refractivity contribution in [3.8, 4) is 11.5 Å². The number of aliphatic hydroxyl groups excluding tert-OH is 6. The van der Waals surface area contributed by atoms with Gasteiger partial charge in [0.1, 0.15) is 67.5 Å². The van der Waals surface area contributed by atoms with E-state index in [0.29, 0.717) is 0 Å². The van der Waals surface area contributed by atoms with Gasteiger partial charge in [-0.3, -0.25) is 14.6 Å². The lowest BCUT2D eigenvalue weighted by molar-refractivity contribution is -0.358. The molecule has 0 unspecified atom stereocenters. The number of anilines is 1. The van der Waals surface area contributed by atoms with E-state index < -0.39 is 140 Å². The molecule has 2 fully saturated rings. The van der Waals surface area contributed by atoms with Crippen LogP contribution in [0, 0.1) is 0 Å². The van der Waals surface area contributed by atoms with Gasteiger partial charge >= 0.3 is 29.8 Å². The molecule has 56 heavy (non-hydrogen) atoms. The first kappa shape index (κ1) is 41.9. The minimum Gasteiger partial charge on any atom is -0.504 e. The molecule has 23 heteroatoms. The number of esters is 1. The minimum absolute atomic E-state index is 0.138. The van der Waals surface area contributed by atoms with Crippen molar-refractivity contribution in [3.05, 3.63) is 41.6 Å². The number of hydrogen-bond acceptors (Lipinski definition) is 19. The first-order chi connectivity index (χ1) is 26.4. The largest absolute Gasteiger partial charge is 0.504 e. The summed E-state index contributed by atoms with van der Waals surface area (Å²) in [7, 11) is 0. The van der Waals surface area contributed by atoms with Crippen LogP contribution >= 0.6 is 0 Å². The molecule has 4 aliphatic rings. The van der Waals surface area contributed by atoms with Crippen LogP contribution in [-0.4, -0.2) is 178 Å². The highest BCUT2D eigenvalue weighted by molar-refractivity contribution is 6.41. The molecule has 23 nitrogen and oxygen atoms in total. The van der Waals surface area contributed by atoms with Gasteiger partial charge in [0.05, 0.1) is 6.61 Å². The molecule has 0 amide bonds. The smallest absolute Gasteiger partial charge is 0.354 e. The fraction of sp³-hybridized carbons (Fsp3) is 0.515. The SMILES string of the molecule is O=C(O)CC(=O)OC[C@H]1O[C@@H](O[C@H]2[C@H](Oc3cc4c(cc3O)N(/C=C/C3=CC(C(=O)O)=N[C@H](C(=O)O)C3)[C@H](C(=O)O)C4)O[C@H](CO)[C@@H](O)[C@@H]2O)[C@H](O)[C@@H](O)[C@@H]1O. The number of aromatic hydroxyl groups is 1. The number of carboxylic acids is 4. The highest BCUT2D eigenvalue weighted by atomic mass is 16.8. The number of carbonyl (C=O) groups excluding carboxylic acids is 1. The first-order valence-corrected chi connectivity index (χ1v) is 16.7. The van der Waals surface area contributed by atoms with Crippen LogP contribution in [0.15, 0.2) is 41.1 Å². The number of phenols is 1. The molecule has 2 saturated heterocycles. The summed E-state index contributed by atoms with van der Waals surface area (Å²) in [4.78, 5) is 62.8. The normalized spacial score (nSPS) is 32.9. The van der Waals surface area contributed by atoms with Gasteiger partial charge in [-0.25, -0.2) is 14.4 Å². The van der Waals surface area contributed by atoms with Crippen LogP contribution in [0.3, 0.4) is 0 Å². The number of phenolic OH excluding ortho intramolecular Hbond substituents is 1. The number of dihydropyridines is 1. The Morgan fingerprint density at radius 1 is 0.857 bits per heavy atom. The lowest BCUT2D eigenvalue weighted by atomic mass is 9.97. The van der Waals surface area contributed by atoms with Gasteiger partial charge in [-0.05, 0) is 29.4 Å². The number of aliphatic carboxylic acids is 4. The van der Waals surface area contributed by atoms with E-state index >= 15 is 0 Å². The molecule has 1 aromatic carbocycles. The molecule has 0 aromatic heterocycles. The third-order valence-corrected chi connectivity index (χ3v) is 9.20. The lowest BCUT2D eigenvalue weighted by Gasteiger charge is -2.45. The number of carbonyl (C=O) groups is 5. The number of aliphatic imine (C=N–C) groups is 1. The number of aliphatic hydroxyl groups is 6. The van der Waals surface area contributed by atoms with Crippen LogP contribution in [0.1, 0.15) is 18.4 Å². The van der Waals surface area contributed by atoms with E-state index in [-0.39, 0.29) is 29.7 Å². The molecule has 1 aromatic rings. The third kappa shape index (κ3) is 9.07. The molecular weight excluding hydrogens is 760 g/mol. The first-order valence-electron chi connectivity index (χ1n) is 16.7. The molecule has 0 radical (unpaired) electrons. The maximum absolute atomic E-state index is 12.3. The number of fused-ring (bicyclic) bond motifs is 1. The number of nitrogens with zero attached hydrogens (tertiary/aromatic N) is 2. The number of hydrogen-bond donors (Lipinski definition) is 11. The average molecular weight is 799 g/mol. The van der Waals surface area contributed by atoms with E-state index in [0.717, 1.165) is 12.1 Å². The number of carboxylic acid groups (broad SMARTS) is 4. The van der Waals surface area contributed by atoms with E-state index in [1.807, 2.05) is 0 Å². The molecule has 4 heterocycles. The molecule has 0 aliphatic carbocycles.